The van der Waals surface area contributed by atoms with Gasteiger partial charge < -0.3 is 5.32 Å². The third-order valence-electron chi connectivity index (χ3n) is 5.29. The Morgan fingerprint density at radius 3 is 2.63 bits per heavy atom. The molecule has 1 aliphatic carbocycles. The van der Waals surface area contributed by atoms with Crippen LogP contribution in [0.3, 0.4) is 0 Å². The summed E-state index contributed by atoms with van der Waals surface area (Å²) in [4.78, 5) is 13.9. The van der Waals surface area contributed by atoms with Crippen LogP contribution in [0.4, 0.5) is 0 Å². The second-order valence-electron chi connectivity index (χ2n) is 7.26. The molecule has 0 aromatic heterocycles. The lowest BCUT2D eigenvalue weighted by Crippen LogP contribution is -2.31. The average molecular weight is 402 g/mol. The molecular formula is C21H23NO3S2. The topological polar surface area (TPSA) is 63.2 Å². The van der Waals surface area contributed by atoms with Crippen molar-refractivity contribution in [2.24, 2.45) is 0 Å². The fraction of sp³-hybridized carbons (Fsp3) is 0.381. The van der Waals surface area contributed by atoms with Gasteiger partial charge in [-0.2, -0.15) is 0 Å². The van der Waals surface area contributed by atoms with Gasteiger partial charge in [-0.1, -0.05) is 36.4 Å². The molecule has 4 nitrogen and oxygen atoms in total. The van der Waals surface area contributed by atoms with Gasteiger partial charge in [-0.15, -0.1) is 11.8 Å². The molecule has 142 valence electrons. The fourth-order valence-electron chi connectivity index (χ4n) is 3.93. The van der Waals surface area contributed by atoms with E-state index in [1.807, 2.05) is 36.4 Å². The number of carbonyl (C=O) groups is 1. The van der Waals surface area contributed by atoms with Gasteiger partial charge in [0, 0.05) is 10.1 Å². The Kier molecular flexibility index (Phi) is 5.28. The predicted molar refractivity (Wildman–Crippen MR) is 109 cm³/mol. The molecule has 2 aromatic carbocycles. The van der Waals surface area contributed by atoms with Gasteiger partial charge in [0.25, 0.3) is 5.91 Å². The van der Waals surface area contributed by atoms with E-state index in [1.54, 1.807) is 0 Å². The monoisotopic (exact) mass is 401 g/mol. The molecule has 0 bridgehead atoms. The average Bonchev–Trinajstić information content (AvgIpc) is 3.01. The maximum atomic E-state index is 13.0. The van der Waals surface area contributed by atoms with Crippen LogP contribution in [0.5, 0.6) is 0 Å². The number of hydrogen-bond acceptors (Lipinski definition) is 4. The van der Waals surface area contributed by atoms with E-state index in [1.165, 1.54) is 22.9 Å². The summed E-state index contributed by atoms with van der Waals surface area (Å²) in [7, 11) is -2.93. The van der Waals surface area contributed by atoms with E-state index in [0.717, 1.165) is 24.2 Å². The van der Waals surface area contributed by atoms with E-state index >= 15 is 0 Å². The number of carbonyl (C=O) groups excluding carboxylic acids is 1. The highest BCUT2D eigenvalue weighted by Gasteiger charge is 2.30. The van der Waals surface area contributed by atoms with Crippen LogP contribution in [0.1, 0.15) is 46.8 Å². The van der Waals surface area contributed by atoms with Gasteiger partial charge in [0.2, 0.25) is 0 Å². The summed E-state index contributed by atoms with van der Waals surface area (Å²) in [6.07, 6.45) is 3.72. The molecule has 1 aliphatic heterocycles. The zero-order chi connectivity index (χ0) is 18.9. The third-order valence-corrected chi connectivity index (χ3v) is 8.62. The van der Waals surface area contributed by atoms with Gasteiger partial charge in [-0.25, -0.2) is 8.42 Å². The number of aryl methyl sites for hydroxylation is 1. The van der Waals surface area contributed by atoms with Gasteiger partial charge in [0.15, 0.2) is 9.84 Å². The molecule has 2 aliphatic rings. The summed E-state index contributed by atoms with van der Waals surface area (Å²) in [5.41, 5.74) is 3.16. The first-order valence-electron chi connectivity index (χ1n) is 9.36. The molecule has 1 heterocycles. The number of nitrogens with one attached hydrogen (secondary N) is 1. The number of hydrogen-bond donors (Lipinski definition) is 1. The highest BCUT2D eigenvalue weighted by molar-refractivity contribution is 8.02. The maximum Gasteiger partial charge on any atom is 0.252 e. The lowest BCUT2D eigenvalue weighted by molar-refractivity contribution is 0.0930. The summed E-state index contributed by atoms with van der Waals surface area (Å²) in [5.74, 6) is 0.363. The number of rotatable bonds is 4. The van der Waals surface area contributed by atoms with E-state index in [-0.39, 0.29) is 28.7 Å². The summed E-state index contributed by atoms with van der Waals surface area (Å²) in [5, 5.41) is 3.23. The fourth-order valence-corrected chi connectivity index (χ4v) is 7.56. The van der Waals surface area contributed by atoms with Gasteiger partial charge in [0.05, 0.1) is 23.1 Å². The van der Waals surface area contributed by atoms with Crippen molar-refractivity contribution in [3.05, 3.63) is 65.2 Å². The molecule has 0 spiro atoms. The third kappa shape index (κ3) is 4.22. The molecule has 1 amide bonds. The summed E-state index contributed by atoms with van der Waals surface area (Å²) in [6.45, 7) is 0. The van der Waals surface area contributed by atoms with Crippen LogP contribution in [-0.4, -0.2) is 31.1 Å². The second kappa shape index (κ2) is 7.68. The van der Waals surface area contributed by atoms with Crippen LogP contribution in [0.15, 0.2) is 53.4 Å². The Morgan fingerprint density at radius 1 is 1.04 bits per heavy atom. The second-order valence-corrected chi connectivity index (χ2v) is 10.8. The van der Waals surface area contributed by atoms with Crippen LogP contribution in [-0.2, 0) is 16.3 Å². The molecule has 2 aromatic rings. The van der Waals surface area contributed by atoms with E-state index < -0.39 is 9.84 Å². The first-order chi connectivity index (χ1) is 13.0. The van der Waals surface area contributed by atoms with Crippen molar-refractivity contribution in [3.63, 3.8) is 0 Å². The molecule has 0 saturated carbocycles. The Labute approximate surface area is 164 Å². The first-order valence-corrected chi connectivity index (χ1v) is 12.1. The van der Waals surface area contributed by atoms with Crippen molar-refractivity contribution < 1.29 is 13.2 Å². The Hall–Kier alpha value is -1.79. The van der Waals surface area contributed by atoms with Gasteiger partial charge >= 0.3 is 0 Å². The summed E-state index contributed by atoms with van der Waals surface area (Å²) >= 11 is 1.52. The van der Waals surface area contributed by atoms with E-state index in [0.29, 0.717) is 12.0 Å². The number of benzene rings is 2. The van der Waals surface area contributed by atoms with Crippen molar-refractivity contribution in [1.29, 1.82) is 0 Å². The normalized spacial score (nSPS) is 23.6. The molecule has 2 unspecified atom stereocenters. The molecule has 2 atom stereocenters. The zero-order valence-electron chi connectivity index (χ0n) is 15.1. The van der Waals surface area contributed by atoms with Crippen LogP contribution in [0.2, 0.25) is 0 Å². The van der Waals surface area contributed by atoms with Gasteiger partial charge in [-0.05, 0) is 48.9 Å². The molecule has 1 saturated heterocycles. The van der Waals surface area contributed by atoms with Crippen LogP contribution < -0.4 is 5.32 Å². The standard InChI is InChI=1S/C21H23NO3S2/c23-21(22-19-10-5-7-15-6-1-2-8-17(15)19)18-9-3-4-11-20(18)26-16-12-13-27(24,25)14-16/h1-4,6,8-9,11,16,19H,5,7,10,12-14H2,(H,22,23). The quantitative estimate of drug-likeness (QED) is 0.847. The number of sulfone groups is 1. The Morgan fingerprint density at radius 2 is 1.81 bits per heavy atom. The molecule has 0 radical (unpaired) electrons. The van der Waals surface area contributed by atoms with Gasteiger partial charge in [0.1, 0.15) is 0 Å². The number of thioether (sulfide) groups is 1. The molecule has 1 N–H and O–H groups in total. The first kappa shape index (κ1) is 18.6. The van der Waals surface area contributed by atoms with Crippen molar-refractivity contribution in [1.82, 2.24) is 5.32 Å². The highest BCUT2D eigenvalue weighted by atomic mass is 32.2. The van der Waals surface area contributed by atoms with Crippen molar-refractivity contribution in [2.75, 3.05) is 11.5 Å². The summed E-state index contributed by atoms with van der Waals surface area (Å²) in [6, 6.07) is 15.8. The SMILES string of the molecule is O=C(NC1CCCc2ccccc21)c1ccccc1SC1CCS(=O)(=O)C1. The largest absolute Gasteiger partial charge is 0.345 e. The van der Waals surface area contributed by atoms with Crippen molar-refractivity contribution in [2.45, 2.75) is 41.9 Å². The van der Waals surface area contributed by atoms with Crippen LogP contribution in [0.25, 0.3) is 0 Å². The van der Waals surface area contributed by atoms with Gasteiger partial charge in [-0.3, -0.25) is 4.79 Å². The number of fused-ring (bicyclic) bond motifs is 1. The zero-order valence-corrected chi connectivity index (χ0v) is 16.7. The minimum atomic E-state index is -2.93. The van der Waals surface area contributed by atoms with E-state index in [2.05, 4.69) is 17.4 Å². The predicted octanol–water partition coefficient (Wildman–Crippen LogP) is 3.77. The highest BCUT2D eigenvalue weighted by Crippen LogP contribution is 2.34. The summed E-state index contributed by atoms with van der Waals surface area (Å²) < 4.78 is 23.5. The van der Waals surface area contributed by atoms with E-state index in [9.17, 15) is 13.2 Å². The number of amides is 1. The molecule has 27 heavy (non-hydrogen) atoms. The molecular weight excluding hydrogens is 378 g/mol. The lowest BCUT2D eigenvalue weighted by atomic mass is 9.87. The lowest BCUT2D eigenvalue weighted by Gasteiger charge is -2.26. The molecule has 6 heteroatoms. The van der Waals surface area contributed by atoms with Crippen molar-refractivity contribution in [3.8, 4) is 0 Å². The maximum absolute atomic E-state index is 13.0. The van der Waals surface area contributed by atoms with E-state index in [4.69, 9.17) is 0 Å². The molecule has 1 fully saturated rings. The Bertz CT molecular complexity index is 955. The van der Waals surface area contributed by atoms with Crippen LogP contribution >= 0.6 is 11.8 Å². The molecule has 4 rings (SSSR count). The van der Waals surface area contributed by atoms with Crippen molar-refractivity contribution >= 4 is 27.5 Å². The Balaban J connectivity index is 1.52. The van der Waals surface area contributed by atoms with Crippen LogP contribution in [0, 0.1) is 0 Å². The minimum absolute atomic E-state index is 0.0272. The minimum Gasteiger partial charge on any atom is -0.345 e. The smallest absolute Gasteiger partial charge is 0.252 e.